The summed E-state index contributed by atoms with van der Waals surface area (Å²) in [6, 6.07) is 0. The molecule has 0 aliphatic carbocycles. The Kier molecular flexibility index (Phi) is 27.3. The van der Waals surface area contributed by atoms with Gasteiger partial charge in [0.2, 0.25) is 0 Å². The van der Waals surface area contributed by atoms with Crippen LogP contribution in [-0.2, 0) is 27.9 Å². The van der Waals surface area contributed by atoms with Crippen molar-refractivity contribution >= 4 is 13.8 Å². The molecule has 0 aromatic heterocycles. The van der Waals surface area contributed by atoms with E-state index in [-0.39, 0.29) is 25.8 Å². The van der Waals surface area contributed by atoms with Gasteiger partial charge in [-0.2, -0.15) is 0 Å². The van der Waals surface area contributed by atoms with Crippen molar-refractivity contribution in [2.75, 3.05) is 54.1 Å². The SMILES string of the molecule is CCCCCC/C=C\CCCCCCCC(=O)OC(COCCCCCCCCC)COP(=O)(O)OCC[N+](C)(C)C. The fourth-order valence-corrected chi connectivity index (χ4v) is 5.11. The fourth-order valence-electron chi connectivity index (χ4n) is 4.37. The molecule has 0 radical (unpaired) electrons. The van der Waals surface area contributed by atoms with Gasteiger partial charge in [0.15, 0.2) is 0 Å². The molecule has 0 aromatic rings. The average molecular weight is 621 g/mol. The summed E-state index contributed by atoms with van der Waals surface area (Å²) in [5, 5.41) is 0. The molecule has 0 amide bonds. The summed E-state index contributed by atoms with van der Waals surface area (Å²) in [4.78, 5) is 22.6. The summed E-state index contributed by atoms with van der Waals surface area (Å²) in [7, 11) is 1.66. The molecule has 0 rings (SSSR count). The summed E-state index contributed by atoms with van der Waals surface area (Å²) in [6.45, 7) is 5.55. The maximum Gasteiger partial charge on any atom is 0.472 e. The molecule has 2 unspecified atom stereocenters. The van der Waals surface area contributed by atoms with Crippen LogP contribution in [0.1, 0.15) is 136 Å². The van der Waals surface area contributed by atoms with Crippen LogP contribution in [0.15, 0.2) is 12.2 Å². The van der Waals surface area contributed by atoms with E-state index < -0.39 is 13.9 Å². The molecule has 0 saturated carbocycles. The van der Waals surface area contributed by atoms with Gasteiger partial charge in [0, 0.05) is 13.0 Å². The van der Waals surface area contributed by atoms with Crippen LogP contribution in [0, 0.1) is 0 Å². The molecule has 42 heavy (non-hydrogen) atoms. The summed E-state index contributed by atoms with van der Waals surface area (Å²) in [6.07, 6.45) is 25.2. The Hall–Kier alpha value is -0.760. The van der Waals surface area contributed by atoms with Crippen LogP contribution in [0.5, 0.6) is 0 Å². The highest BCUT2D eigenvalue weighted by atomic mass is 31.2. The van der Waals surface area contributed by atoms with E-state index in [9.17, 15) is 14.3 Å². The molecule has 0 saturated heterocycles. The first-order valence-electron chi connectivity index (χ1n) is 16.9. The third kappa shape index (κ3) is 30.7. The number of quaternary nitrogens is 1. The molecule has 0 bridgehead atoms. The highest BCUT2D eigenvalue weighted by Gasteiger charge is 2.26. The first kappa shape index (κ1) is 41.2. The smallest absolute Gasteiger partial charge is 0.457 e. The highest BCUT2D eigenvalue weighted by molar-refractivity contribution is 7.47. The Bertz CT molecular complexity index is 696. The minimum Gasteiger partial charge on any atom is -0.457 e. The van der Waals surface area contributed by atoms with E-state index in [2.05, 4.69) is 26.0 Å². The van der Waals surface area contributed by atoms with Gasteiger partial charge in [0.1, 0.15) is 19.3 Å². The van der Waals surface area contributed by atoms with E-state index in [0.717, 1.165) is 44.9 Å². The molecule has 2 atom stereocenters. The number of carbonyl (C=O) groups is 1. The zero-order valence-electron chi connectivity index (χ0n) is 28.0. The minimum absolute atomic E-state index is 0.0891. The van der Waals surface area contributed by atoms with Gasteiger partial charge in [-0.05, 0) is 38.5 Å². The van der Waals surface area contributed by atoms with Crippen molar-refractivity contribution < 1.29 is 37.3 Å². The van der Waals surface area contributed by atoms with Crippen molar-refractivity contribution in [2.24, 2.45) is 0 Å². The lowest BCUT2D eigenvalue weighted by Crippen LogP contribution is -2.37. The molecule has 9 heteroatoms. The first-order valence-corrected chi connectivity index (χ1v) is 18.4. The van der Waals surface area contributed by atoms with E-state index in [1.54, 1.807) is 0 Å². The van der Waals surface area contributed by atoms with Crippen molar-refractivity contribution in [3.63, 3.8) is 0 Å². The van der Waals surface area contributed by atoms with Crippen LogP contribution in [0.3, 0.4) is 0 Å². The van der Waals surface area contributed by atoms with Gasteiger partial charge in [-0.1, -0.05) is 103 Å². The lowest BCUT2D eigenvalue weighted by Gasteiger charge is -2.24. The third-order valence-corrected chi connectivity index (χ3v) is 8.06. The van der Waals surface area contributed by atoms with Gasteiger partial charge in [0.05, 0.1) is 34.4 Å². The molecule has 250 valence electrons. The maximum absolute atomic E-state index is 12.5. The molecule has 0 heterocycles. The number of unbranched alkanes of at least 4 members (excludes halogenated alkanes) is 15. The van der Waals surface area contributed by atoms with Crippen molar-refractivity contribution in [1.82, 2.24) is 0 Å². The van der Waals surface area contributed by atoms with E-state index in [0.29, 0.717) is 24.1 Å². The van der Waals surface area contributed by atoms with Crippen LogP contribution in [0.25, 0.3) is 0 Å². The molecule has 0 aliphatic heterocycles. The summed E-state index contributed by atoms with van der Waals surface area (Å²) >= 11 is 0. The number of ether oxygens (including phenoxy) is 2. The highest BCUT2D eigenvalue weighted by Crippen LogP contribution is 2.43. The number of hydrogen-bond acceptors (Lipinski definition) is 6. The molecule has 0 aliphatic rings. The van der Waals surface area contributed by atoms with Gasteiger partial charge in [0.25, 0.3) is 0 Å². The Balaban J connectivity index is 4.33. The minimum atomic E-state index is -4.25. The lowest BCUT2D eigenvalue weighted by molar-refractivity contribution is -0.870. The Morgan fingerprint density at radius 2 is 1.24 bits per heavy atom. The van der Waals surface area contributed by atoms with Crippen molar-refractivity contribution in [2.45, 2.75) is 142 Å². The molecular formula is C33H67NO7P+. The maximum atomic E-state index is 12.5. The first-order chi connectivity index (χ1) is 20.1. The number of likely N-dealkylation sites (N-methyl/N-ethyl adjacent to an activating group) is 1. The quantitative estimate of drug-likeness (QED) is 0.0272. The number of rotatable bonds is 31. The number of nitrogens with zero attached hydrogens (tertiary/aromatic N) is 1. The zero-order chi connectivity index (χ0) is 31.4. The van der Waals surface area contributed by atoms with E-state index in [1.807, 2.05) is 21.1 Å². The van der Waals surface area contributed by atoms with Gasteiger partial charge in [-0.3, -0.25) is 13.8 Å². The second-order valence-corrected chi connectivity index (χ2v) is 14.0. The number of carbonyl (C=O) groups excluding carboxylic acids is 1. The van der Waals surface area contributed by atoms with Crippen LogP contribution >= 0.6 is 7.82 Å². The largest absolute Gasteiger partial charge is 0.472 e. The second kappa shape index (κ2) is 27.8. The lowest BCUT2D eigenvalue weighted by atomic mass is 10.1. The molecule has 1 N–H and O–H groups in total. The van der Waals surface area contributed by atoms with Crippen LogP contribution < -0.4 is 0 Å². The monoisotopic (exact) mass is 620 g/mol. The topological polar surface area (TPSA) is 91.3 Å². The van der Waals surface area contributed by atoms with E-state index >= 15 is 0 Å². The van der Waals surface area contributed by atoms with Crippen molar-refractivity contribution in [1.29, 1.82) is 0 Å². The standard InChI is InChI=1S/C33H66NO7P/c1-6-8-10-12-14-15-16-17-18-19-20-22-24-26-33(35)41-32(30-38-28-25-23-21-13-11-9-7-2)31-40-42(36,37)39-29-27-34(3,4)5/h15-16,32H,6-14,17-31H2,1-5H3/p+1/b16-15-. The van der Waals surface area contributed by atoms with Crippen LogP contribution in [0.4, 0.5) is 0 Å². The molecule has 0 spiro atoms. The van der Waals surface area contributed by atoms with Crippen LogP contribution in [0.2, 0.25) is 0 Å². The van der Waals surface area contributed by atoms with Gasteiger partial charge >= 0.3 is 13.8 Å². The average Bonchev–Trinajstić information content (AvgIpc) is 2.92. The van der Waals surface area contributed by atoms with Gasteiger partial charge in [-0.25, -0.2) is 4.57 Å². The van der Waals surface area contributed by atoms with Crippen LogP contribution in [-0.4, -0.2) is 75.6 Å². The Morgan fingerprint density at radius 1 is 0.714 bits per heavy atom. The number of phosphoric acid groups is 1. The van der Waals surface area contributed by atoms with E-state index in [4.69, 9.17) is 18.5 Å². The summed E-state index contributed by atoms with van der Waals surface area (Å²) in [5.41, 5.74) is 0. The molecular weight excluding hydrogens is 553 g/mol. The normalized spacial score (nSPS) is 14.3. The third-order valence-electron chi connectivity index (χ3n) is 7.08. The number of phosphoric ester groups is 1. The predicted molar refractivity (Wildman–Crippen MR) is 174 cm³/mol. The predicted octanol–water partition coefficient (Wildman–Crippen LogP) is 8.76. The number of hydrogen-bond donors (Lipinski definition) is 1. The molecule has 0 fully saturated rings. The summed E-state index contributed by atoms with van der Waals surface area (Å²) in [5.74, 6) is -0.326. The molecule has 8 nitrogen and oxygen atoms in total. The fraction of sp³-hybridized carbons (Fsp3) is 0.909. The second-order valence-electron chi connectivity index (χ2n) is 12.5. The van der Waals surface area contributed by atoms with Crippen molar-refractivity contribution in [3.8, 4) is 0 Å². The van der Waals surface area contributed by atoms with Crippen molar-refractivity contribution in [3.05, 3.63) is 12.2 Å². The summed E-state index contributed by atoms with van der Waals surface area (Å²) < 4.78 is 34.6. The van der Waals surface area contributed by atoms with Gasteiger partial charge in [-0.15, -0.1) is 0 Å². The zero-order valence-corrected chi connectivity index (χ0v) is 28.9. The number of allylic oxidation sites excluding steroid dienone is 2. The Morgan fingerprint density at radius 3 is 1.83 bits per heavy atom. The molecule has 0 aromatic carbocycles. The Labute approximate surface area is 259 Å². The number of esters is 1. The van der Waals surface area contributed by atoms with E-state index in [1.165, 1.54) is 70.6 Å². The van der Waals surface area contributed by atoms with Gasteiger partial charge < -0.3 is 18.9 Å².